The highest BCUT2D eigenvalue weighted by atomic mass is 16.3. The van der Waals surface area contributed by atoms with E-state index in [9.17, 15) is 10.2 Å². The number of aryl methyl sites for hydroxylation is 1. The fourth-order valence-electron chi connectivity index (χ4n) is 2.85. The van der Waals surface area contributed by atoms with E-state index in [0.717, 1.165) is 0 Å². The highest BCUT2D eigenvalue weighted by Crippen LogP contribution is 2.29. The van der Waals surface area contributed by atoms with E-state index < -0.39 is 5.60 Å². The highest BCUT2D eigenvalue weighted by Gasteiger charge is 2.28. The van der Waals surface area contributed by atoms with Crippen molar-refractivity contribution in [2.75, 3.05) is 0 Å². The average Bonchev–Trinajstić information content (AvgIpc) is 2.91. The Hall–Kier alpha value is -3.24. The van der Waals surface area contributed by atoms with Gasteiger partial charge in [0.15, 0.2) is 0 Å². The van der Waals surface area contributed by atoms with Crippen molar-refractivity contribution in [2.24, 2.45) is 16.5 Å². The van der Waals surface area contributed by atoms with Crippen molar-refractivity contribution in [3.63, 3.8) is 0 Å². The zero-order valence-corrected chi connectivity index (χ0v) is 17.7. The van der Waals surface area contributed by atoms with E-state index in [0.29, 0.717) is 52.5 Å². The van der Waals surface area contributed by atoms with Crippen LogP contribution in [-0.2, 0) is 6.54 Å². The van der Waals surface area contributed by atoms with Crippen LogP contribution < -0.4 is 11.5 Å². The molecule has 1 aromatic rings. The monoisotopic (exact) mass is 395 g/mol. The molecule has 1 aliphatic heterocycles. The number of rotatable bonds is 4. The minimum absolute atomic E-state index is 0.138. The highest BCUT2D eigenvalue weighted by molar-refractivity contribution is 6.07. The Kier molecular flexibility index (Phi) is 6.40. The number of amidine groups is 1. The van der Waals surface area contributed by atoms with Crippen molar-refractivity contribution in [2.45, 2.75) is 53.2 Å². The van der Waals surface area contributed by atoms with Crippen LogP contribution in [0.15, 0.2) is 46.6 Å². The minimum atomic E-state index is -0.892. The van der Waals surface area contributed by atoms with Crippen LogP contribution in [0.1, 0.15) is 44.0 Å². The summed E-state index contributed by atoms with van der Waals surface area (Å²) in [6, 6.07) is 0. The first-order chi connectivity index (χ1) is 13.4. The van der Waals surface area contributed by atoms with E-state index in [4.69, 9.17) is 11.5 Å². The minimum Gasteiger partial charge on any atom is -0.507 e. The first kappa shape index (κ1) is 22.1. The van der Waals surface area contributed by atoms with Crippen molar-refractivity contribution in [1.82, 2.24) is 9.88 Å². The Morgan fingerprint density at radius 1 is 1.34 bits per heavy atom. The number of aromatic hydroxyl groups is 1. The summed E-state index contributed by atoms with van der Waals surface area (Å²) >= 11 is 0. The van der Waals surface area contributed by atoms with Crippen molar-refractivity contribution >= 4 is 5.84 Å². The van der Waals surface area contributed by atoms with Crippen molar-refractivity contribution in [3.05, 3.63) is 58.5 Å². The fraction of sp³-hybridized carbons (Fsp3) is 0.364. The third-order valence-electron chi connectivity index (χ3n) is 4.33. The molecule has 0 saturated heterocycles. The summed E-state index contributed by atoms with van der Waals surface area (Å²) in [6.45, 7) is 12.8. The van der Waals surface area contributed by atoms with Crippen molar-refractivity contribution in [3.8, 4) is 17.6 Å². The molecule has 0 fully saturated rings. The summed E-state index contributed by atoms with van der Waals surface area (Å²) in [5.41, 5.74) is 15.0. The molecule has 1 aliphatic rings. The lowest BCUT2D eigenvalue weighted by molar-refractivity contribution is 0.0862. The Labute approximate surface area is 172 Å². The predicted molar refractivity (Wildman–Crippen MR) is 115 cm³/mol. The number of aliphatic imine (C=N–C) groups is 1. The molecule has 0 saturated carbocycles. The number of hydrogen-bond acceptors (Lipinski definition) is 6. The maximum Gasteiger partial charge on any atom is 0.145 e. The van der Waals surface area contributed by atoms with E-state index in [2.05, 4.69) is 28.4 Å². The maximum absolute atomic E-state index is 10.2. The van der Waals surface area contributed by atoms with E-state index in [1.807, 2.05) is 18.0 Å². The Bertz CT molecular complexity index is 981. The normalized spacial score (nSPS) is 17.1. The molecule has 0 atom stereocenters. The van der Waals surface area contributed by atoms with Crippen LogP contribution in [0, 0.1) is 25.7 Å². The number of nitrogens with two attached hydrogens (primary N) is 2. The van der Waals surface area contributed by atoms with Crippen molar-refractivity contribution < 1.29 is 10.2 Å². The Morgan fingerprint density at radius 3 is 2.55 bits per heavy atom. The van der Waals surface area contributed by atoms with Crippen molar-refractivity contribution in [1.29, 1.82) is 0 Å². The summed E-state index contributed by atoms with van der Waals surface area (Å²) in [6.07, 6.45) is 3.76. The molecule has 6 N–H and O–H groups in total. The lowest BCUT2D eigenvalue weighted by Gasteiger charge is -2.19. The van der Waals surface area contributed by atoms with Gasteiger partial charge < -0.3 is 26.6 Å². The van der Waals surface area contributed by atoms with E-state index in [1.54, 1.807) is 33.9 Å². The van der Waals surface area contributed by atoms with Gasteiger partial charge >= 0.3 is 0 Å². The third kappa shape index (κ3) is 5.39. The van der Waals surface area contributed by atoms with Gasteiger partial charge in [-0.3, -0.25) is 4.98 Å². The molecular weight excluding hydrogens is 366 g/mol. The summed E-state index contributed by atoms with van der Waals surface area (Å²) in [5, 5.41) is 20.2. The summed E-state index contributed by atoms with van der Waals surface area (Å²) in [5.74, 6) is 6.94. The Balaban J connectivity index is 2.51. The molecule has 0 spiro atoms. The fourth-order valence-corrected chi connectivity index (χ4v) is 2.85. The van der Waals surface area contributed by atoms with Gasteiger partial charge in [0.1, 0.15) is 17.4 Å². The molecule has 7 heteroatoms. The largest absolute Gasteiger partial charge is 0.507 e. The quantitative estimate of drug-likeness (QED) is 0.581. The molecule has 0 amide bonds. The molecule has 0 radical (unpaired) electrons. The maximum atomic E-state index is 10.2. The van der Waals surface area contributed by atoms with Crippen LogP contribution >= 0.6 is 0 Å². The SMILES string of the molecule is C=C(N)/N=C1\C(=C(\C)N)C(C#CCC(C)(C)O)=CN1Cc1ncc(C)c(O)c1C. The standard InChI is InChI=1S/C22H29N5O2/c1-13-10-25-18(14(2)20(13)28)12-27-11-17(8-7-9-22(5,6)29)19(15(3)23)21(27)26-16(4)24/h10-11,29H,4,9,12,23-24H2,1-3,5-6H3,(H,25,28)/b19-15-,26-21+. The molecule has 0 unspecified atom stereocenters. The van der Waals surface area contributed by atoms with Crippen LogP contribution in [0.2, 0.25) is 0 Å². The number of hydrogen-bond donors (Lipinski definition) is 4. The summed E-state index contributed by atoms with van der Waals surface area (Å²) < 4.78 is 0. The summed E-state index contributed by atoms with van der Waals surface area (Å²) in [7, 11) is 0. The molecule has 2 heterocycles. The van der Waals surface area contributed by atoms with Crippen LogP contribution in [0.5, 0.6) is 5.75 Å². The van der Waals surface area contributed by atoms with Crippen LogP contribution in [0.4, 0.5) is 0 Å². The first-order valence-electron chi connectivity index (χ1n) is 9.24. The molecule has 0 aliphatic carbocycles. The van der Waals surface area contributed by atoms with Crippen LogP contribution in [-0.4, -0.2) is 31.5 Å². The molecule has 0 bridgehead atoms. The number of aromatic nitrogens is 1. The van der Waals surface area contributed by atoms with E-state index in [1.165, 1.54) is 0 Å². The van der Waals surface area contributed by atoms with Gasteiger partial charge in [-0.25, -0.2) is 4.99 Å². The van der Waals surface area contributed by atoms with Gasteiger partial charge in [0, 0.05) is 35.6 Å². The second-order valence-electron chi connectivity index (χ2n) is 7.81. The van der Waals surface area contributed by atoms with Crippen LogP contribution in [0.3, 0.4) is 0 Å². The lowest BCUT2D eigenvalue weighted by Crippen LogP contribution is -2.25. The zero-order chi connectivity index (χ0) is 21.9. The second-order valence-corrected chi connectivity index (χ2v) is 7.81. The van der Waals surface area contributed by atoms with Gasteiger partial charge in [-0.2, -0.15) is 0 Å². The molecule has 1 aromatic heterocycles. The van der Waals surface area contributed by atoms with Gasteiger partial charge in [-0.05, 0) is 34.6 Å². The molecule has 154 valence electrons. The molecule has 2 rings (SSSR count). The average molecular weight is 396 g/mol. The number of allylic oxidation sites excluding steroid dienone is 1. The summed E-state index contributed by atoms with van der Waals surface area (Å²) in [4.78, 5) is 10.6. The Morgan fingerprint density at radius 2 is 2.00 bits per heavy atom. The second kappa shape index (κ2) is 8.41. The van der Waals surface area contributed by atoms with Gasteiger partial charge in [-0.1, -0.05) is 18.4 Å². The third-order valence-corrected chi connectivity index (χ3v) is 4.33. The topological polar surface area (TPSA) is 121 Å². The van der Waals surface area contributed by atoms with Gasteiger partial charge in [0.2, 0.25) is 0 Å². The van der Waals surface area contributed by atoms with Gasteiger partial charge in [0.05, 0.1) is 29.0 Å². The first-order valence-corrected chi connectivity index (χ1v) is 9.24. The molecule has 0 aromatic carbocycles. The molecule has 29 heavy (non-hydrogen) atoms. The smallest absolute Gasteiger partial charge is 0.145 e. The van der Waals surface area contributed by atoms with E-state index in [-0.39, 0.29) is 11.6 Å². The van der Waals surface area contributed by atoms with Crippen LogP contribution in [0.25, 0.3) is 0 Å². The lowest BCUT2D eigenvalue weighted by atomic mass is 10.0. The molecule has 7 nitrogen and oxygen atoms in total. The number of pyridine rings is 1. The van der Waals surface area contributed by atoms with Gasteiger partial charge in [-0.15, -0.1) is 0 Å². The number of nitrogens with zero attached hydrogens (tertiary/aromatic N) is 3. The van der Waals surface area contributed by atoms with E-state index >= 15 is 0 Å². The predicted octanol–water partition coefficient (Wildman–Crippen LogP) is 2.33. The molecular formula is C22H29N5O2. The zero-order valence-electron chi connectivity index (χ0n) is 17.7. The number of aliphatic hydroxyl groups is 1. The van der Waals surface area contributed by atoms with Gasteiger partial charge in [0.25, 0.3) is 0 Å².